The number of nitrogens with one attached hydrogen (secondary N) is 1. The summed E-state index contributed by atoms with van der Waals surface area (Å²) in [5.74, 6) is 1.73. The van der Waals surface area contributed by atoms with Crippen LogP contribution in [-0.2, 0) is 18.7 Å². The van der Waals surface area contributed by atoms with Crippen LogP contribution in [0.1, 0.15) is 50.2 Å². The molecule has 1 aromatic rings. The Hall–Kier alpha value is -0.0600. The van der Waals surface area contributed by atoms with Gasteiger partial charge in [-0.15, -0.1) is 11.3 Å². The minimum absolute atomic E-state index is 0.679. The van der Waals surface area contributed by atoms with Gasteiger partial charge in [0.25, 0.3) is 0 Å². The Labute approximate surface area is 120 Å². The van der Waals surface area contributed by atoms with Crippen molar-refractivity contribution in [2.24, 2.45) is 5.92 Å². The number of thioether (sulfide) groups is 1. The number of thiazole rings is 1. The van der Waals surface area contributed by atoms with Crippen molar-refractivity contribution >= 4 is 23.1 Å². The first-order chi connectivity index (χ1) is 8.52. The van der Waals surface area contributed by atoms with Crippen LogP contribution < -0.4 is 5.32 Å². The third-order valence-corrected chi connectivity index (χ3v) is 4.89. The smallest absolute Gasteiger partial charge is 0.103 e. The minimum Gasteiger partial charge on any atom is -0.312 e. The molecule has 0 saturated carbocycles. The van der Waals surface area contributed by atoms with E-state index in [9.17, 15) is 0 Å². The molecule has 0 unspecified atom stereocenters. The number of rotatable bonds is 8. The zero-order valence-corrected chi connectivity index (χ0v) is 13.9. The standard InChI is InChI=1S/C14H26N2S2/c1-6-15-8-13-12(7-10(2)3)16-14(18-13)9-17-11(4)5/h10-11,15H,6-9H2,1-5H3. The average Bonchev–Trinajstić information content (AvgIpc) is 2.65. The third-order valence-electron chi connectivity index (χ3n) is 2.50. The first kappa shape index (κ1) is 16.0. The molecule has 1 aromatic heterocycles. The molecule has 1 rings (SSSR count). The summed E-state index contributed by atoms with van der Waals surface area (Å²) < 4.78 is 0. The van der Waals surface area contributed by atoms with Gasteiger partial charge in [0.1, 0.15) is 5.01 Å². The van der Waals surface area contributed by atoms with Crippen LogP contribution in [0.4, 0.5) is 0 Å². The lowest BCUT2D eigenvalue weighted by molar-refractivity contribution is 0.626. The number of hydrogen-bond donors (Lipinski definition) is 1. The Morgan fingerprint density at radius 2 is 2.00 bits per heavy atom. The van der Waals surface area contributed by atoms with Crippen LogP contribution in [0.5, 0.6) is 0 Å². The highest BCUT2D eigenvalue weighted by atomic mass is 32.2. The molecule has 0 spiro atoms. The van der Waals surface area contributed by atoms with Gasteiger partial charge in [0.15, 0.2) is 0 Å². The molecule has 1 heterocycles. The van der Waals surface area contributed by atoms with Crippen LogP contribution in [0.15, 0.2) is 0 Å². The molecule has 0 fully saturated rings. The molecule has 0 radical (unpaired) electrons. The van der Waals surface area contributed by atoms with E-state index in [0.717, 1.165) is 25.3 Å². The quantitative estimate of drug-likeness (QED) is 0.779. The molecule has 104 valence electrons. The fourth-order valence-electron chi connectivity index (χ4n) is 1.66. The summed E-state index contributed by atoms with van der Waals surface area (Å²) in [6, 6.07) is 0. The lowest BCUT2D eigenvalue weighted by Crippen LogP contribution is -2.12. The molecule has 0 aliphatic carbocycles. The molecule has 18 heavy (non-hydrogen) atoms. The van der Waals surface area contributed by atoms with E-state index in [-0.39, 0.29) is 0 Å². The van der Waals surface area contributed by atoms with Crippen molar-refractivity contribution < 1.29 is 0 Å². The van der Waals surface area contributed by atoms with E-state index in [4.69, 9.17) is 4.98 Å². The molecule has 1 N–H and O–H groups in total. The van der Waals surface area contributed by atoms with Crippen molar-refractivity contribution in [1.82, 2.24) is 10.3 Å². The Morgan fingerprint density at radius 1 is 1.28 bits per heavy atom. The van der Waals surface area contributed by atoms with Crippen molar-refractivity contribution in [3.63, 3.8) is 0 Å². The summed E-state index contributed by atoms with van der Waals surface area (Å²) in [6.07, 6.45) is 1.10. The summed E-state index contributed by atoms with van der Waals surface area (Å²) in [5.41, 5.74) is 1.32. The second kappa shape index (κ2) is 8.18. The van der Waals surface area contributed by atoms with Crippen molar-refractivity contribution in [3.05, 3.63) is 15.6 Å². The highest BCUT2D eigenvalue weighted by Crippen LogP contribution is 2.26. The van der Waals surface area contributed by atoms with E-state index in [0.29, 0.717) is 11.2 Å². The molecule has 0 aliphatic heterocycles. The molecule has 2 nitrogen and oxygen atoms in total. The maximum absolute atomic E-state index is 4.83. The van der Waals surface area contributed by atoms with Gasteiger partial charge in [0, 0.05) is 17.2 Å². The number of aromatic nitrogens is 1. The fraction of sp³-hybridized carbons (Fsp3) is 0.786. The van der Waals surface area contributed by atoms with Crippen molar-refractivity contribution in [2.75, 3.05) is 6.54 Å². The van der Waals surface area contributed by atoms with Crippen LogP contribution in [0.2, 0.25) is 0 Å². The minimum atomic E-state index is 0.679. The molecule has 4 heteroatoms. The van der Waals surface area contributed by atoms with Gasteiger partial charge in [0.05, 0.1) is 5.69 Å². The van der Waals surface area contributed by atoms with Gasteiger partial charge >= 0.3 is 0 Å². The Kier molecular flexibility index (Phi) is 7.27. The lowest BCUT2D eigenvalue weighted by atomic mass is 10.1. The summed E-state index contributed by atoms with van der Waals surface area (Å²) in [7, 11) is 0. The molecular formula is C14H26N2S2. The average molecular weight is 287 g/mol. The van der Waals surface area contributed by atoms with E-state index in [1.54, 1.807) is 0 Å². The monoisotopic (exact) mass is 286 g/mol. The van der Waals surface area contributed by atoms with Gasteiger partial charge in [-0.3, -0.25) is 0 Å². The highest BCUT2D eigenvalue weighted by Gasteiger charge is 2.12. The predicted octanol–water partition coefficient (Wildman–Crippen LogP) is 4.09. The van der Waals surface area contributed by atoms with Gasteiger partial charge in [-0.1, -0.05) is 34.6 Å². The Balaban J connectivity index is 2.71. The van der Waals surface area contributed by atoms with Gasteiger partial charge in [-0.2, -0.15) is 11.8 Å². The third kappa shape index (κ3) is 5.72. The second-order valence-corrected chi connectivity index (χ2v) is 7.95. The highest BCUT2D eigenvalue weighted by molar-refractivity contribution is 7.99. The Morgan fingerprint density at radius 3 is 2.56 bits per heavy atom. The topological polar surface area (TPSA) is 24.9 Å². The predicted molar refractivity (Wildman–Crippen MR) is 84.5 cm³/mol. The van der Waals surface area contributed by atoms with E-state index in [2.05, 4.69) is 39.9 Å². The van der Waals surface area contributed by atoms with E-state index < -0.39 is 0 Å². The molecule has 0 atom stereocenters. The van der Waals surface area contributed by atoms with Gasteiger partial charge < -0.3 is 5.32 Å². The maximum Gasteiger partial charge on any atom is 0.103 e. The fourth-order valence-corrected chi connectivity index (χ4v) is 3.50. The van der Waals surface area contributed by atoms with Crippen LogP contribution >= 0.6 is 23.1 Å². The van der Waals surface area contributed by atoms with Crippen LogP contribution in [0, 0.1) is 5.92 Å². The molecule has 0 aromatic carbocycles. The van der Waals surface area contributed by atoms with E-state index in [1.807, 2.05) is 23.1 Å². The first-order valence-electron chi connectivity index (χ1n) is 6.82. The largest absolute Gasteiger partial charge is 0.312 e. The summed E-state index contributed by atoms with van der Waals surface area (Å²) in [6.45, 7) is 13.2. The van der Waals surface area contributed by atoms with Crippen LogP contribution in [0.3, 0.4) is 0 Å². The van der Waals surface area contributed by atoms with Gasteiger partial charge in [-0.25, -0.2) is 4.98 Å². The summed E-state index contributed by atoms with van der Waals surface area (Å²) in [5, 5.41) is 5.39. The summed E-state index contributed by atoms with van der Waals surface area (Å²) in [4.78, 5) is 6.27. The summed E-state index contributed by atoms with van der Waals surface area (Å²) >= 11 is 3.87. The second-order valence-electron chi connectivity index (χ2n) is 5.22. The maximum atomic E-state index is 4.83. The van der Waals surface area contributed by atoms with Crippen molar-refractivity contribution in [3.8, 4) is 0 Å². The first-order valence-corrected chi connectivity index (χ1v) is 8.69. The lowest BCUT2D eigenvalue weighted by Gasteiger charge is -2.05. The van der Waals surface area contributed by atoms with Crippen molar-refractivity contribution in [1.29, 1.82) is 0 Å². The van der Waals surface area contributed by atoms with Gasteiger partial charge in [0.2, 0.25) is 0 Å². The SMILES string of the molecule is CCNCc1sc(CSC(C)C)nc1CC(C)C. The molecular weight excluding hydrogens is 260 g/mol. The van der Waals surface area contributed by atoms with Crippen LogP contribution in [0.25, 0.3) is 0 Å². The molecule has 0 bridgehead atoms. The van der Waals surface area contributed by atoms with E-state index >= 15 is 0 Å². The number of hydrogen-bond acceptors (Lipinski definition) is 4. The Bertz CT molecular complexity index is 346. The molecule has 0 amide bonds. The van der Waals surface area contributed by atoms with Gasteiger partial charge in [-0.05, 0) is 24.1 Å². The zero-order chi connectivity index (χ0) is 13.5. The van der Waals surface area contributed by atoms with Crippen LogP contribution in [-0.4, -0.2) is 16.8 Å². The molecule has 0 aliphatic rings. The normalized spacial score (nSPS) is 11.7. The zero-order valence-electron chi connectivity index (χ0n) is 12.2. The van der Waals surface area contributed by atoms with Crippen molar-refractivity contribution in [2.45, 2.75) is 58.6 Å². The molecule has 0 saturated heterocycles. The number of nitrogens with zero attached hydrogens (tertiary/aromatic N) is 1. The van der Waals surface area contributed by atoms with E-state index in [1.165, 1.54) is 15.6 Å².